The molecule has 192 valence electrons. The molecule has 0 bridgehead atoms. The number of aromatic amines is 1. The maximum Gasteiger partial charge on any atom is 0.323 e. The summed E-state index contributed by atoms with van der Waals surface area (Å²) < 4.78 is 5.43. The molecule has 0 spiro atoms. The molecule has 2 atom stereocenters. The molecule has 2 aromatic heterocycles. The number of anilines is 1. The predicted octanol–water partition coefficient (Wildman–Crippen LogP) is 5.20. The lowest BCUT2D eigenvalue weighted by Gasteiger charge is -2.21. The van der Waals surface area contributed by atoms with Crippen molar-refractivity contribution < 1.29 is 14.3 Å². The van der Waals surface area contributed by atoms with Gasteiger partial charge in [0.1, 0.15) is 24.2 Å². The zero-order chi connectivity index (χ0) is 26.4. The standard InChI is InChI=1S/C26H31Cl2N5O3/c1-14(2)24(29)26(35)36-13-22(16-6-5-7-18(27)8-16)33-25(34)21-9-17(11-30-21)19-10-23(32-15(3)4)31-12-20(19)28/h5-12,14-15,22,24,30H,13,29H2,1-4H3,(H,31,32)(H,33,34)/t22-,24+/m1/s1. The van der Waals surface area contributed by atoms with Crippen LogP contribution in [0.5, 0.6) is 0 Å². The van der Waals surface area contributed by atoms with E-state index in [9.17, 15) is 9.59 Å². The Morgan fingerprint density at radius 1 is 1.14 bits per heavy atom. The van der Waals surface area contributed by atoms with Gasteiger partial charge in [-0.1, -0.05) is 49.2 Å². The highest BCUT2D eigenvalue weighted by molar-refractivity contribution is 6.33. The van der Waals surface area contributed by atoms with Crippen molar-refractivity contribution in [3.05, 3.63) is 70.1 Å². The van der Waals surface area contributed by atoms with Crippen LogP contribution in [0.25, 0.3) is 11.1 Å². The van der Waals surface area contributed by atoms with Crippen LogP contribution in [0.4, 0.5) is 5.82 Å². The number of esters is 1. The number of carbonyl (C=O) groups excluding carboxylic acids is 2. The van der Waals surface area contributed by atoms with E-state index in [2.05, 4.69) is 20.6 Å². The Morgan fingerprint density at radius 2 is 1.89 bits per heavy atom. The quantitative estimate of drug-likeness (QED) is 0.266. The second-order valence-corrected chi connectivity index (χ2v) is 9.97. The largest absolute Gasteiger partial charge is 0.462 e. The van der Waals surface area contributed by atoms with Crippen molar-refractivity contribution in [1.29, 1.82) is 0 Å². The minimum atomic E-state index is -0.758. The lowest BCUT2D eigenvalue weighted by molar-refractivity contribution is -0.147. The number of amides is 1. The summed E-state index contributed by atoms with van der Waals surface area (Å²) in [5.74, 6) is -0.322. The second-order valence-electron chi connectivity index (χ2n) is 9.13. The number of pyridine rings is 1. The van der Waals surface area contributed by atoms with Gasteiger partial charge < -0.3 is 26.1 Å². The van der Waals surface area contributed by atoms with Gasteiger partial charge in [-0.15, -0.1) is 0 Å². The Hall–Kier alpha value is -3.07. The fourth-order valence-corrected chi connectivity index (χ4v) is 3.84. The highest BCUT2D eigenvalue weighted by Crippen LogP contribution is 2.30. The molecule has 3 aromatic rings. The number of carbonyl (C=O) groups is 2. The molecule has 2 heterocycles. The number of nitrogens with one attached hydrogen (secondary N) is 3. The monoisotopic (exact) mass is 531 g/mol. The van der Waals surface area contributed by atoms with Gasteiger partial charge in [0.05, 0.1) is 11.1 Å². The summed E-state index contributed by atoms with van der Waals surface area (Å²) in [6.07, 6.45) is 3.27. The molecule has 0 fully saturated rings. The first-order valence-corrected chi connectivity index (χ1v) is 12.4. The highest BCUT2D eigenvalue weighted by atomic mass is 35.5. The van der Waals surface area contributed by atoms with E-state index in [0.29, 0.717) is 27.1 Å². The number of ether oxygens (including phenoxy) is 1. The van der Waals surface area contributed by atoms with Crippen molar-refractivity contribution >= 4 is 40.9 Å². The van der Waals surface area contributed by atoms with E-state index in [4.69, 9.17) is 33.7 Å². The van der Waals surface area contributed by atoms with E-state index >= 15 is 0 Å². The molecule has 10 heteroatoms. The van der Waals surface area contributed by atoms with Gasteiger partial charge in [0, 0.05) is 34.6 Å². The van der Waals surface area contributed by atoms with Crippen LogP contribution in [0.3, 0.4) is 0 Å². The van der Waals surface area contributed by atoms with Crippen molar-refractivity contribution in [2.75, 3.05) is 11.9 Å². The molecule has 0 unspecified atom stereocenters. The lowest BCUT2D eigenvalue weighted by atomic mass is 10.1. The number of hydrogen-bond acceptors (Lipinski definition) is 6. The van der Waals surface area contributed by atoms with Gasteiger partial charge in [-0.05, 0) is 49.6 Å². The molecule has 0 aliphatic heterocycles. The SMILES string of the molecule is CC(C)Nc1cc(-c2c[nH]c(C(=O)N[C@H](COC(=O)[C@@H](N)C(C)C)c3cccc(Cl)c3)c2)c(Cl)cn1. The molecule has 1 amide bonds. The van der Waals surface area contributed by atoms with Gasteiger partial charge in [-0.2, -0.15) is 0 Å². The van der Waals surface area contributed by atoms with Crippen LogP contribution < -0.4 is 16.4 Å². The molecule has 0 aliphatic carbocycles. The van der Waals surface area contributed by atoms with E-state index in [-0.39, 0.29) is 24.5 Å². The lowest BCUT2D eigenvalue weighted by Crippen LogP contribution is -2.39. The summed E-state index contributed by atoms with van der Waals surface area (Å²) in [5, 5.41) is 7.11. The molecule has 0 saturated carbocycles. The Balaban J connectivity index is 1.80. The van der Waals surface area contributed by atoms with Gasteiger partial charge in [-0.3, -0.25) is 9.59 Å². The molecular formula is C26H31Cl2N5O3. The van der Waals surface area contributed by atoms with Crippen LogP contribution in [0.1, 0.15) is 49.8 Å². The van der Waals surface area contributed by atoms with Crippen LogP contribution in [0, 0.1) is 5.92 Å². The number of H-pyrrole nitrogens is 1. The number of hydrogen-bond donors (Lipinski definition) is 4. The first-order valence-electron chi connectivity index (χ1n) is 11.6. The maximum atomic E-state index is 13.1. The average molecular weight is 532 g/mol. The first-order chi connectivity index (χ1) is 17.0. The molecular weight excluding hydrogens is 501 g/mol. The van der Waals surface area contributed by atoms with Crippen molar-refractivity contribution in [2.45, 2.75) is 45.8 Å². The van der Waals surface area contributed by atoms with E-state index in [1.165, 1.54) is 0 Å². The second kappa shape index (κ2) is 12.3. The van der Waals surface area contributed by atoms with Crippen LogP contribution in [-0.2, 0) is 9.53 Å². The number of halogens is 2. The molecule has 0 radical (unpaired) electrons. The van der Waals surface area contributed by atoms with E-state index in [1.54, 1.807) is 42.7 Å². The Morgan fingerprint density at radius 3 is 2.56 bits per heavy atom. The molecule has 1 aromatic carbocycles. The van der Waals surface area contributed by atoms with Gasteiger partial charge in [-0.25, -0.2) is 4.98 Å². The van der Waals surface area contributed by atoms with Gasteiger partial charge >= 0.3 is 5.97 Å². The number of nitrogens with zero attached hydrogens (tertiary/aromatic N) is 1. The topological polar surface area (TPSA) is 122 Å². The summed E-state index contributed by atoms with van der Waals surface area (Å²) in [6.45, 7) is 7.60. The third-order valence-electron chi connectivity index (χ3n) is 5.47. The highest BCUT2D eigenvalue weighted by Gasteiger charge is 2.23. The minimum Gasteiger partial charge on any atom is -0.462 e. The summed E-state index contributed by atoms with van der Waals surface area (Å²) in [4.78, 5) is 32.7. The number of rotatable bonds is 10. The molecule has 8 nitrogen and oxygen atoms in total. The zero-order valence-corrected chi connectivity index (χ0v) is 22.2. The smallest absolute Gasteiger partial charge is 0.323 e. The molecule has 3 rings (SSSR count). The summed E-state index contributed by atoms with van der Waals surface area (Å²) in [6, 6.07) is 9.33. The predicted molar refractivity (Wildman–Crippen MR) is 143 cm³/mol. The summed E-state index contributed by atoms with van der Waals surface area (Å²) >= 11 is 12.5. The number of aromatic nitrogens is 2. The molecule has 5 N–H and O–H groups in total. The third kappa shape index (κ3) is 7.22. The van der Waals surface area contributed by atoms with Gasteiger partial charge in [0.25, 0.3) is 5.91 Å². The zero-order valence-electron chi connectivity index (χ0n) is 20.6. The Labute approximate surface area is 220 Å². The van der Waals surface area contributed by atoms with Crippen molar-refractivity contribution in [1.82, 2.24) is 15.3 Å². The van der Waals surface area contributed by atoms with E-state index in [1.807, 2.05) is 33.8 Å². The summed E-state index contributed by atoms with van der Waals surface area (Å²) in [5.41, 5.74) is 8.36. The van der Waals surface area contributed by atoms with Gasteiger partial charge in [0.15, 0.2) is 0 Å². The molecule has 36 heavy (non-hydrogen) atoms. The van der Waals surface area contributed by atoms with Crippen molar-refractivity contribution in [3.63, 3.8) is 0 Å². The minimum absolute atomic E-state index is 0.0784. The van der Waals surface area contributed by atoms with Crippen LogP contribution >= 0.6 is 23.2 Å². The number of benzene rings is 1. The summed E-state index contributed by atoms with van der Waals surface area (Å²) in [7, 11) is 0. The van der Waals surface area contributed by atoms with Crippen LogP contribution in [0.15, 0.2) is 48.8 Å². The van der Waals surface area contributed by atoms with Crippen molar-refractivity contribution in [3.8, 4) is 11.1 Å². The first kappa shape index (κ1) is 27.5. The van der Waals surface area contributed by atoms with Crippen molar-refractivity contribution in [2.24, 2.45) is 11.7 Å². The molecule has 0 aliphatic rings. The number of nitrogens with two attached hydrogens (primary N) is 1. The fourth-order valence-electron chi connectivity index (χ4n) is 3.43. The normalized spacial score (nSPS) is 12.9. The van der Waals surface area contributed by atoms with Gasteiger partial charge in [0.2, 0.25) is 0 Å². The maximum absolute atomic E-state index is 13.1. The van der Waals surface area contributed by atoms with E-state index < -0.39 is 18.1 Å². The van der Waals surface area contributed by atoms with Crippen LogP contribution in [-0.4, -0.2) is 40.5 Å². The van der Waals surface area contributed by atoms with E-state index in [0.717, 1.165) is 11.1 Å². The Bertz CT molecular complexity index is 1210. The Kier molecular flexibility index (Phi) is 9.37. The third-order valence-corrected chi connectivity index (χ3v) is 6.01. The fraction of sp³-hybridized carbons (Fsp3) is 0.346. The average Bonchev–Trinajstić information content (AvgIpc) is 3.32. The molecule has 0 saturated heterocycles. The van der Waals surface area contributed by atoms with Crippen LogP contribution in [0.2, 0.25) is 10.0 Å².